The van der Waals surface area contributed by atoms with Crippen LogP contribution in [0.25, 0.3) is 0 Å². The third-order valence-electron chi connectivity index (χ3n) is 2.98. The Kier molecular flexibility index (Phi) is 4.60. The molecule has 5 heteroatoms. The molecular formula is C15H14BrF2NO. The van der Waals surface area contributed by atoms with Crippen molar-refractivity contribution >= 4 is 21.6 Å². The van der Waals surface area contributed by atoms with Crippen molar-refractivity contribution in [2.75, 3.05) is 12.4 Å². The molecule has 20 heavy (non-hydrogen) atoms. The topological polar surface area (TPSA) is 21.3 Å². The van der Waals surface area contributed by atoms with Crippen molar-refractivity contribution in [3.63, 3.8) is 0 Å². The normalized spacial score (nSPS) is 12.1. The first-order valence-electron chi connectivity index (χ1n) is 6.06. The van der Waals surface area contributed by atoms with Crippen molar-refractivity contribution < 1.29 is 13.5 Å². The predicted octanol–water partition coefficient (Wildman–Crippen LogP) is 4.91. The molecule has 0 aliphatic carbocycles. The number of benzene rings is 2. The van der Waals surface area contributed by atoms with Gasteiger partial charge in [0.25, 0.3) is 0 Å². The average molecular weight is 342 g/mol. The molecule has 0 aliphatic heterocycles. The molecule has 1 N–H and O–H groups in total. The van der Waals surface area contributed by atoms with Crippen LogP contribution in [0.2, 0.25) is 0 Å². The molecule has 2 aromatic carbocycles. The largest absolute Gasteiger partial charge is 0.497 e. The molecule has 0 saturated carbocycles. The lowest BCUT2D eigenvalue weighted by atomic mass is 10.1. The van der Waals surface area contributed by atoms with Crippen molar-refractivity contribution in [3.8, 4) is 5.75 Å². The maximum absolute atomic E-state index is 13.9. The summed E-state index contributed by atoms with van der Waals surface area (Å²) in [5.41, 5.74) is 1.09. The number of anilines is 1. The Morgan fingerprint density at radius 2 is 1.85 bits per heavy atom. The van der Waals surface area contributed by atoms with Gasteiger partial charge in [0.05, 0.1) is 17.6 Å². The van der Waals surface area contributed by atoms with Gasteiger partial charge >= 0.3 is 0 Å². The molecule has 0 aromatic heterocycles. The van der Waals surface area contributed by atoms with Gasteiger partial charge in [-0.25, -0.2) is 8.78 Å². The SMILES string of the molecule is COc1ccc(C(C)Nc2ccc(Br)c(F)c2)c(F)c1. The highest BCUT2D eigenvalue weighted by Crippen LogP contribution is 2.26. The van der Waals surface area contributed by atoms with Crippen LogP contribution in [0.4, 0.5) is 14.5 Å². The Labute approximate surface area is 124 Å². The highest BCUT2D eigenvalue weighted by Gasteiger charge is 2.12. The summed E-state index contributed by atoms with van der Waals surface area (Å²) in [7, 11) is 1.49. The first kappa shape index (κ1) is 14.8. The second-order valence-electron chi connectivity index (χ2n) is 4.38. The van der Waals surface area contributed by atoms with Gasteiger partial charge in [-0.3, -0.25) is 0 Å². The van der Waals surface area contributed by atoms with Crippen LogP contribution in [0.15, 0.2) is 40.9 Å². The van der Waals surface area contributed by atoms with Crippen molar-refractivity contribution in [2.24, 2.45) is 0 Å². The van der Waals surface area contributed by atoms with Gasteiger partial charge in [0.1, 0.15) is 17.4 Å². The summed E-state index contributed by atoms with van der Waals surface area (Å²) >= 11 is 3.09. The highest BCUT2D eigenvalue weighted by molar-refractivity contribution is 9.10. The van der Waals surface area contributed by atoms with E-state index in [1.54, 1.807) is 24.3 Å². The van der Waals surface area contributed by atoms with Crippen molar-refractivity contribution in [1.29, 1.82) is 0 Å². The minimum Gasteiger partial charge on any atom is -0.497 e. The molecule has 0 fully saturated rings. The summed E-state index contributed by atoms with van der Waals surface area (Å²) in [5.74, 6) is -0.257. The van der Waals surface area contributed by atoms with E-state index >= 15 is 0 Å². The zero-order valence-corrected chi connectivity index (χ0v) is 12.7. The van der Waals surface area contributed by atoms with Crippen LogP contribution in [-0.2, 0) is 0 Å². The molecule has 2 aromatic rings. The Hall–Kier alpha value is -1.62. The van der Waals surface area contributed by atoms with Crippen LogP contribution in [-0.4, -0.2) is 7.11 Å². The highest BCUT2D eigenvalue weighted by atomic mass is 79.9. The summed E-state index contributed by atoms with van der Waals surface area (Å²) < 4.78 is 32.7. The van der Waals surface area contributed by atoms with E-state index in [1.807, 2.05) is 6.92 Å². The van der Waals surface area contributed by atoms with E-state index < -0.39 is 0 Å². The molecule has 106 valence electrons. The van der Waals surface area contributed by atoms with Crippen LogP contribution in [0.1, 0.15) is 18.5 Å². The van der Waals surface area contributed by atoms with E-state index in [0.29, 0.717) is 21.5 Å². The molecule has 0 amide bonds. The summed E-state index contributed by atoms with van der Waals surface area (Å²) in [6, 6.07) is 9.08. The molecule has 0 heterocycles. The number of nitrogens with one attached hydrogen (secondary N) is 1. The number of hydrogen-bond donors (Lipinski definition) is 1. The number of hydrogen-bond acceptors (Lipinski definition) is 2. The fourth-order valence-corrected chi connectivity index (χ4v) is 2.15. The zero-order valence-electron chi connectivity index (χ0n) is 11.1. The Balaban J connectivity index is 2.19. The van der Waals surface area contributed by atoms with Gasteiger partial charge in [0.15, 0.2) is 0 Å². The van der Waals surface area contributed by atoms with E-state index in [-0.39, 0.29) is 17.7 Å². The summed E-state index contributed by atoms with van der Waals surface area (Å²) in [6.45, 7) is 1.81. The third-order valence-corrected chi connectivity index (χ3v) is 3.62. The molecule has 1 unspecified atom stereocenters. The smallest absolute Gasteiger partial charge is 0.139 e. The number of ether oxygens (including phenoxy) is 1. The summed E-state index contributed by atoms with van der Waals surface area (Å²) in [5, 5.41) is 3.06. The van der Waals surface area contributed by atoms with Gasteiger partial charge < -0.3 is 10.1 Å². The number of rotatable bonds is 4. The minimum absolute atomic E-state index is 0.290. The molecule has 0 spiro atoms. The number of halogens is 3. The fraction of sp³-hybridized carbons (Fsp3) is 0.200. The van der Waals surface area contributed by atoms with Crippen LogP contribution >= 0.6 is 15.9 Å². The van der Waals surface area contributed by atoms with Crippen LogP contribution < -0.4 is 10.1 Å². The molecule has 0 saturated heterocycles. The third kappa shape index (κ3) is 3.28. The van der Waals surface area contributed by atoms with Gasteiger partial charge in [0, 0.05) is 17.3 Å². The minimum atomic E-state index is -0.364. The van der Waals surface area contributed by atoms with Gasteiger partial charge in [-0.2, -0.15) is 0 Å². The predicted molar refractivity (Wildman–Crippen MR) is 79.1 cm³/mol. The first-order valence-corrected chi connectivity index (χ1v) is 6.85. The van der Waals surface area contributed by atoms with Gasteiger partial charge in [-0.05, 0) is 47.1 Å². The lowest BCUT2D eigenvalue weighted by Crippen LogP contribution is -2.09. The second-order valence-corrected chi connectivity index (χ2v) is 5.24. The fourth-order valence-electron chi connectivity index (χ4n) is 1.90. The van der Waals surface area contributed by atoms with Gasteiger partial charge in [-0.15, -0.1) is 0 Å². The molecule has 1 atom stereocenters. The first-order chi connectivity index (χ1) is 9.51. The molecular weight excluding hydrogens is 328 g/mol. The van der Waals surface area contributed by atoms with Crippen LogP contribution in [0.5, 0.6) is 5.75 Å². The summed E-state index contributed by atoms with van der Waals surface area (Å²) in [4.78, 5) is 0. The maximum atomic E-state index is 13.9. The molecule has 0 aliphatic rings. The van der Waals surface area contributed by atoms with Crippen molar-refractivity contribution in [3.05, 3.63) is 58.1 Å². The van der Waals surface area contributed by atoms with E-state index in [0.717, 1.165) is 0 Å². The lowest BCUT2D eigenvalue weighted by Gasteiger charge is -2.17. The van der Waals surface area contributed by atoms with E-state index in [9.17, 15) is 8.78 Å². The van der Waals surface area contributed by atoms with Gasteiger partial charge in [-0.1, -0.05) is 6.07 Å². The van der Waals surface area contributed by atoms with Crippen molar-refractivity contribution in [2.45, 2.75) is 13.0 Å². The Bertz CT molecular complexity index is 619. The Morgan fingerprint density at radius 1 is 1.10 bits per heavy atom. The molecule has 2 rings (SSSR count). The monoisotopic (exact) mass is 341 g/mol. The maximum Gasteiger partial charge on any atom is 0.139 e. The Morgan fingerprint density at radius 3 is 2.45 bits per heavy atom. The van der Waals surface area contributed by atoms with Crippen LogP contribution in [0, 0.1) is 11.6 Å². The summed E-state index contributed by atoms with van der Waals surface area (Å²) in [6.07, 6.45) is 0. The second kappa shape index (κ2) is 6.22. The van der Waals surface area contributed by atoms with Crippen LogP contribution in [0.3, 0.4) is 0 Å². The standard InChI is InChI=1S/C15H14BrF2NO/c1-9(12-5-4-11(20-2)8-14(12)17)19-10-3-6-13(16)15(18)7-10/h3-9,19H,1-2H3. The quantitative estimate of drug-likeness (QED) is 0.853. The van der Waals surface area contributed by atoms with Gasteiger partial charge in [0.2, 0.25) is 0 Å². The zero-order chi connectivity index (χ0) is 14.7. The van der Waals surface area contributed by atoms with E-state index in [2.05, 4.69) is 21.2 Å². The molecule has 2 nitrogen and oxygen atoms in total. The average Bonchev–Trinajstić information content (AvgIpc) is 2.42. The lowest BCUT2D eigenvalue weighted by molar-refractivity contribution is 0.410. The number of methoxy groups -OCH3 is 1. The molecule has 0 radical (unpaired) electrons. The molecule has 0 bridgehead atoms. The van der Waals surface area contributed by atoms with Crippen molar-refractivity contribution in [1.82, 2.24) is 0 Å². The van der Waals surface area contributed by atoms with E-state index in [1.165, 1.54) is 19.2 Å². The van der Waals surface area contributed by atoms with E-state index in [4.69, 9.17) is 4.74 Å².